The molecule has 2 aliphatic heterocycles. The second kappa shape index (κ2) is 11.9. The van der Waals surface area contributed by atoms with Gasteiger partial charge in [0.1, 0.15) is 17.5 Å². The molecule has 1 aromatic heterocycles. The summed E-state index contributed by atoms with van der Waals surface area (Å²) in [6.45, 7) is 8.31. The largest absolute Gasteiger partial charge is 0.382 e. The number of halogens is 3. The van der Waals surface area contributed by atoms with Gasteiger partial charge < -0.3 is 19.3 Å². The van der Waals surface area contributed by atoms with Gasteiger partial charge in [-0.2, -0.15) is 4.98 Å². The molecule has 1 amide bonds. The number of anilines is 1. The van der Waals surface area contributed by atoms with E-state index in [4.69, 9.17) is 21.1 Å². The first-order valence-corrected chi connectivity index (χ1v) is 14.2. The van der Waals surface area contributed by atoms with Gasteiger partial charge >= 0.3 is 5.69 Å². The monoisotopic (exact) mass is 590 g/mol. The van der Waals surface area contributed by atoms with Gasteiger partial charge in [-0.25, -0.2) is 13.6 Å². The van der Waals surface area contributed by atoms with Crippen LogP contribution in [0.1, 0.15) is 5.56 Å². The van der Waals surface area contributed by atoms with Crippen molar-refractivity contribution >= 4 is 46.0 Å². The van der Waals surface area contributed by atoms with Gasteiger partial charge in [0.15, 0.2) is 0 Å². The molecular formula is C28H29ClF2N4O4S. The summed E-state index contributed by atoms with van der Waals surface area (Å²) in [5.41, 5.74) is 1.58. The lowest BCUT2D eigenvalue weighted by atomic mass is 9.97. The number of piperazine rings is 1. The quantitative estimate of drug-likeness (QED) is 0.231. The minimum absolute atomic E-state index is 0.141. The zero-order valence-corrected chi connectivity index (χ0v) is 23.8. The third-order valence-corrected chi connectivity index (χ3v) is 8.70. The summed E-state index contributed by atoms with van der Waals surface area (Å²) in [7, 11) is 1.59. The SMILES string of the molecule is C=CC(=O)N1CCN(c2nc(=O)n3c4c(c(-c5cc(Cl)c(F)cc5F)c(C)cc24)SC[C@H](OCCOC)C3)CC1. The maximum absolute atomic E-state index is 15.2. The van der Waals surface area contributed by atoms with E-state index in [1.165, 1.54) is 23.9 Å². The first-order valence-electron chi connectivity index (χ1n) is 12.9. The first-order chi connectivity index (χ1) is 19.2. The van der Waals surface area contributed by atoms with Crippen molar-refractivity contribution in [1.29, 1.82) is 0 Å². The molecule has 1 atom stereocenters. The normalized spacial score (nSPS) is 17.3. The highest BCUT2D eigenvalue weighted by Crippen LogP contribution is 2.45. The Kier molecular flexibility index (Phi) is 8.46. The molecule has 0 aliphatic carbocycles. The van der Waals surface area contributed by atoms with Gasteiger partial charge in [-0.05, 0) is 30.7 Å². The molecular weight excluding hydrogens is 562 g/mol. The molecule has 40 heavy (non-hydrogen) atoms. The van der Waals surface area contributed by atoms with Crippen molar-refractivity contribution in [3.05, 3.63) is 63.6 Å². The van der Waals surface area contributed by atoms with E-state index in [2.05, 4.69) is 11.6 Å². The zero-order valence-electron chi connectivity index (χ0n) is 22.2. The summed E-state index contributed by atoms with van der Waals surface area (Å²) in [4.78, 5) is 34.5. The molecule has 3 aromatic rings. The highest BCUT2D eigenvalue weighted by atomic mass is 35.5. The van der Waals surface area contributed by atoms with Gasteiger partial charge in [0, 0.05) is 66.5 Å². The smallest absolute Gasteiger partial charge is 0.350 e. The standard InChI is InChI=1S/C28H29ClF2N4O4S/c1-4-23(36)33-5-7-34(8-6-33)27-19-11-16(2)24(18-12-20(29)22(31)13-21(18)30)26-25(19)35(28(37)32-27)14-17(15-40-26)39-10-9-38-3/h4,11-13,17H,1,5-10,14-15H2,2-3H3/t17-/m1/s1. The van der Waals surface area contributed by atoms with E-state index in [1.54, 1.807) is 16.6 Å². The maximum Gasteiger partial charge on any atom is 0.350 e. The van der Waals surface area contributed by atoms with Crippen molar-refractivity contribution < 1.29 is 23.0 Å². The topological polar surface area (TPSA) is 76.9 Å². The number of methoxy groups -OCH3 is 1. The molecule has 0 spiro atoms. The molecule has 8 nitrogen and oxygen atoms in total. The number of benzene rings is 2. The van der Waals surface area contributed by atoms with Crippen molar-refractivity contribution in [3.8, 4) is 11.1 Å². The number of rotatable bonds is 7. The number of carbonyl (C=O) groups is 1. The third kappa shape index (κ3) is 5.35. The van der Waals surface area contributed by atoms with Crippen LogP contribution in [0.4, 0.5) is 14.6 Å². The van der Waals surface area contributed by atoms with Crippen LogP contribution in [0.5, 0.6) is 0 Å². The van der Waals surface area contributed by atoms with Crippen LogP contribution in [0.2, 0.25) is 5.02 Å². The van der Waals surface area contributed by atoms with E-state index in [0.717, 1.165) is 17.0 Å². The minimum atomic E-state index is -0.844. The van der Waals surface area contributed by atoms with E-state index >= 15 is 4.39 Å². The molecule has 1 saturated heterocycles. The van der Waals surface area contributed by atoms with E-state index in [-0.39, 0.29) is 29.1 Å². The molecule has 12 heteroatoms. The predicted molar refractivity (Wildman–Crippen MR) is 152 cm³/mol. The number of hydrogen-bond acceptors (Lipinski definition) is 7. The Hall–Kier alpha value is -2.99. The van der Waals surface area contributed by atoms with E-state index in [0.29, 0.717) is 66.9 Å². The highest BCUT2D eigenvalue weighted by molar-refractivity contribution is 7.99. The summed E-state index contributed by atoms with van der Waals surface area (Å²) in [5.74, 6) is -0.731. The van der Waals surface area contributed by atoms with Crippen LogP contribution in [0, 0.1) is 18.6 Å². The Morgan fingerprint density at radius 3 is 2.65 bits per heavy atom. The molecule has 0 unspecified atom stereocenters. The molecule has 0 radical (unpaired) electrons. The van der Waals surface area contributed by atoms with Gasteiger partial charge in [0.2, 0.25) is 5.91 Å². The number of aromatic nitrogens is 2. The average molecular weight is 591 g/mol. The van der Waals surface area contributed by atoms with Crippen LogP contribution in [0.3, 0.4) is 0 Å². The Morgan fingerprint density at radius 2 is 1.95 bits per heavy atom. The molecule has 0 saturated carbocycles. The maximum atomic E-state index is 15.2. The van der Waals surface area contributed by atoms with E-state index in [9.17, 15) is 14.0 Å². The van der Waals surface area contributed by atoms with Gasteiger partial charge in [-0.1, -0.05) is 18.2 Å². The first kappa shape index (κ1) is 28.5. The summed E-state index contributed by atoms with van der Waals surface area (Å²) < 4.78 is 42.0. The summed E-state index contributed by atoms with van der Waals surface area (Å²) >= 11 is 7.54. The van der Waals surface area contributed by atoms with Crippen molar-refractivity contribution in [2.75, 3.05) is 57.2 Å². The Morgan fingerprint density at radius 1 is 1.20 bits per heavy atom. The molecule has 212 valence electrons. The van der Waals surface area contributed by atoms with Crippen LogP contribution in [0.15, 0.2) is 40.5 Å². The summed E-state index contributed by atoms with van der Waals surface area (Å²) in [6, 6.07) is 3.95. The van der Waals surface area contributed by atoms with Crippen LogP contribution in [-0.2, 0) is 20.8 Å². The van der Waals surface area contributed by atoms with Crippen LogP contribution < -0.4 is 10.6 Å². The zero-order chi connectivity index (χ0) is 28.6. The number of hydrogen-bond donors (Lipinski definition) is 0. The lowest BCUT2D eigenvalue weighted by molar-refractivity contribution is -0.126. The number of amides is 1. The molecule has 0 bridgehead atoms. The summed E-state index contributed by atoms with van der Waals surface area (Å²) in [5, 5.41) is 0.542. The fourth-order valence-corrected chi connectivity index (χ4v) is 6.71. The van der Waals surface area contributed by atoms with Gasteiger partial charge in [0.05, 0.1) is 36.4 Å². The fraction of sp³-hybridized carbons (Fsp3) is 0.393. The highest BCUT2D eigenvalue weighted by Gasteiger charge is 2.30. The Balaban J connectivity index is 1.69. The second-order valence-electron chi connectivity index (χ2n) is 9.68. The number of carbonyl (C=O) groups excluding carboxylic acids is 1. The van der Waals surface area contributed by atoms with E-state index < -0.39 is 17.3 Å². The Labute approximate surface area is 239 Å². The number of nitrogens with zero attached hydrogens (tertiary/aromatic N) is 4. The fourth-order valence-electron chi connectivity index (χ4n) is 5.22. The third-order valence-electron chi connectivity index (χ3n) is 7.18. The van der Waals surface area contributed by atoms with Gasteiger partial charge in [-0.3, -0.25) is 9.36 Å². The molecule has 2 aromatic carbocycles. The Bertz CT molecular complexity index is 1540. The van der Waals surface area contributed by atoms with Crippen LogP contribution >= 0.6 is 23.4 Å². The van der Waals surface area contributed by atoms with Crippen LogP contribution in [0.25, 0.3) is 22.0 Å². The predicted octanol–water partition coefficient (Wildman–Crippen LogP) is 4.28. The number of thioether (sulfide) groups is 1. The number of aryl methyl sites for hydroxylation is 1. The van der Waals surface area contributed by atoms with Crippen LogP contribution in [-0.4, -0.2) is 78.7 Å². The van der Waals surface area contributed by atoms with Crippen molar-refractivity contribution in [2.24, 2.45) is 0 Å². The molecule has 5 rings (SSSR count). The lowest BCUT2D eigenvalue weighted by Gasteiger charge is -2.35. The molecule has 1 fully saturated rings. The van der Waals surface area contributed by atoms with Crippen molar-refractivity contribution in [3.63, 3.8) is 0 Å². The lowest BCUT2D eigenvalue weighted by Crippen LogP contribution is -2.49. The molecule has 2 aliphatic rings. The van der Waals surface area contributed by atoms with E-state index in [1.807, 2.05) is 17.9 Å². The van der Waals surface area contributed by atoms with Gasteiger partial charge in [-0.15, -0.1) is 11.8 Å². The molecule has 0 N–H and O–H groups in total. The van der Waals surface area contributed by atoms with Gasteiger partial charge in [0.25, 0.3) is 0 Å². The average Bonchev–Trinajstić information content (AvgIpc) is 3.13. The minimum Gasteiger partial charge on any atom is -0.382 e. The summed E-state index contributed by atoms with van der Waals surface area (Å²) in [6.07, 6.45) is 0.963. The number of ether oxygens (including phenoxy) is 2. The second-order valence-corrected chi connectivity index (χ2v) is 11.1. The van der Waals surface area contributed by atoms with Crippen molar-refractivity contribution in [2.45, 2.75) is 24.5 Å². The molecule has 3 heterocycles. The van der Waals surface area contributed by atoms with Crippen molar-refractivity contribution in [1.82, 2.24) is 14.5 Å².